The number of rotatable bonds is 4. The Morgan fingerprint density at radius 2 is 1.88 bits per heavy atom. The average Bonchev–Trinajstić information content (AvgIpc) is 2.28. The van der Waals surface area contributed by atoms with Gasteiger partial charge in [-0.2, -0.15) is 0 Å². The van der Waals surface area contributed by atoms with Crippen molar-refractivity contribution in [2.24, 2.45) is 0 Å². The van der Waals surface area contributed by atoms with E-state index in [-0.39, 0.29) is 16.5 Å². The number of benzene rings is 1. The SMILES string of the molecule is COc1c(C(OC)OC)cc(Cl)c(N)c1F. The Hall–Kier alpha value is -1.04. The minimum absolute atomic E-state index is 0.0319. The van der Waals surface area contributed by atoms with E-state index in [4.69, 9.17) is 31.5 Å². The standard InChI is InChI=1S/C10H13ClFNO3/c1-14-9-5(10(15-2)16-3)4-6(11)8(13)7(9)12/h4,10H,13H2,1-3H3. The smallest absolute Gasteiger partial charge is 0.189 e. The van der Waals surface area contributed by atoms with Gasteiger partial charge in [-0.15, -0.1) is 0 Å². The van der Waals surface area contributed by atoms with E-state index >= 15 is 0 Å². The summed E-state index contributed by atoms with van der Waals surface area (Å²) in [6.45, 7) is 0. The molecule has 0 fully saturated rings. The van der Waals surface area contributed by atoms with Gasteiger partial charge in [0.05, 0.1) is 23.4 Å². The zero-order chi connectivity index (χ0) is 12.3. The van der Waals surface area contributed by atoms with Crippen LogP contribution in [0.25, 0.3) is 0 Å². The first-order valence-corrected chi connectivity index (χ1v) is 4.81. The van der Waals surface area contributed by atoms with E-state index in [0.717, 1.165) is 0 Å². The molecule has 6 heteroatoms. The maximum Gasteiger partial charge on any atom is 0.189 e. The zero-order valence-electron chi connectivity index (χ0n) is 9.21. The summed E-state index contributed by atoms with van der Waals surface area (Å²) < 4.78 is 28.7. The van der Waals surface area contributed by atoms with Crippen LogP contribution in [-0.2, 0) is 9.47 Å². The molecule has 0 radical (unpaired) electrons. The highest BCUT2D eigenvalue weighted by atomic mass is 35.5. The Morgan fingerprint density at radius 3 is 2.31 bits per heavy atom. The molecular formula is C10H13ClFNO3. The van der Waals surface area contributed by atoms with Crippen LogP contribution in [0.2, 0.25) is 5.02 Å². The van der Waals surface area contributed by atoms with Gasteiger partial charge in [0.2, 0.25) is 0 Å². The third-order valence-electron chi connectivity index (χ3n) is 2.12. The molecule has 0 amide bonds. The molecule has 0 bridgehead atoms. The molecule has 16 heavy (non-hydrogen) atoms. The van der Waals surface area contributed by atoms with Crippen LogP contribution < -0.4 is 10.5 Å². The van der Waals surface area contributed by atoms with Gasteiger partial charge in [-0.3, -0.25) is 0 Å². The highest BCUT2D eigenvalue weighted by Crippen LogP contribution is 2.37. The van der Waals surface area contributed by atoms with E-state index in [0.29, 0.717) is 5.56 Å². The van der Waals surface area contributed by atoms with Crippen molar-refractivity contribution in [2.75, 3.05) is 27.1 Å². The zero-order valence-corrected chi connectivity index (χ0v) is 9.97. The minimum Gasteiger partial charge on any atom is -0.493 e. The summed E-state index contributed by atoms with van der Waals surface area (Å²) in [4.78, 5) is 0. The lowest BCUT2D eigenvalue weighted by Gasteiger charge is -2.18. The maximum absolute atomic E-state index is 13.7. The summed E-state index contributed by atoms with van der Waals surface area (Å²) in [5, 5.41) is 0.0902. The largest absolute Gasteiger partial charge is 0.493 e. The molecule has 2 N–H and O–H groups in total. The van der Waals surface area contributed by atoms with Crippen molar-refractivity contribution in [1.29, 1.82) is 0 Å². The van der Waals surface area contributed by atoms with Crippen molar-refractivity contribution >= 4 is 17.3 Å². The molecule has 0 spiro atoms. The van der Waals surface area contributed by atoms with Crippen LogP contribution in [0.3, 0.4) is 0 Å². The van der Waals surface area contributed by atoms with Gasteiger partial charge in [-0.05, 0) is 6.07 Å². The normalized spacial score (nSPS) is 10.9. The van der Waals surface area contributed by atoms with Crippen molar-refractivity contribution in [3.05, 3.63) is 22.5 Å². The predicted octanol–water partition coefficient (Wildman–Crippen LogP) is 2.36. The first-order valence-electron chi connectivity index (χ1n) is 4.43. The van der Waals surface area contributed by atoms with Crippen LogP contribution in [0.4, 0.5) is 10.1 Å². The molecule has 0 heterocycles. The summed E-state index contributed by atoms with van der Waals surface area (Å²) in [7, 11) is 4.18. The van der Waals surface area contributed by atoms with Crippen LogP contribution in [0.1, 0.15) is 11.9 Å². The number of hydrogen-bond acceptors (Lipinski definition) is 4. The van der Waals surface area contributed by atoms with E-state index in [1.165, 1.54) is 27.4 Å². The molecule has 1 aromatic carbocycles. The van der Waals surface area contributed by atoms with Gasteiger partial charge in [-0.25, -0.2) is 4.39 Å². The van der Waals surface area contributed by atoms with E-state index in [9.17, 15) is 4.39 Å². The average molecular weight is 250 g/mol. The number of methoxy groups -OCH3 is 3. The first-order chi connectivity index (χ1) is 7.56. The summed E-state index contributed by atoms with van der Waals surface area (Å²) in [5.74, 6) is -0.750. The van der Waals surface area contributed by atoms with E-state index in [1.54, 1.807) is 0 Å². The van der Waals surface area contributed by atoms with Crippen molar-refractivity contribution < 1.29 is 18.6 Å². The lowest BCUT2D eigenvalue weighted by Crippen LogP contribution is -2.08. The monoisotopic (exact) mass is 249 g/mol. The number of anilines is 1. The summed E-state index contributed by atoms with van der Waals surface area (Å²) in [6.07, 6.45) is -0.762. The number of nitrogen functional groups attached to an aromatic ring is 1. The minimum atomic E-state index is -0.762. The van der Waals surface area contributed by atoms with Gasteiger partial charge in [0.1, 0.15) is 0 Å². The van der Waals surface area contributed by atoms with Crippen molar-refractivity contribution in [3.8, 4) is 5.75 Å². The number of nitrogens with two attached hydrogens (primary N) is 1. The first kappa shape index (κ1) is 13.0. The number of ether oxygens (including phenoxy) is 3. The van der Waals surface area contributed by atoms with Crippen molar-refractivity contribution in [3.63, 3.8) is 0 Å². The lowest BCUT2D eigenvalue weighted by molar-refractivity contribution is -0.107. The number of hydrogen-bond donors (Lipinski definition) is 1. The summed E-state index contributed by atoms with van der Waals surface area (Å²) in [5.41, 5.74) is 5.63. The van der Waals surface area contributed by atoms with Gasteiger partial charge >= 0.3 is 0 Å². The second-order valence-electron chi connectivity index (χ2n) is 3.01. The van der Waals surface area contributed by atoms with Gasteiger partial charge in [0.25, 0.3) is 0 Å². The predicted molar refractivity (Wildman–Crippen MR) is 59.1 cm³/mol. The van der Waals surface area contributed by atoms with Crippen LogP contribution >= 0.6 is 11.6 Å². The molecular weight excluding hydrogens is 237 g/mol. The molecule has 0 aliphatic carbocycles. The second-order valence-corrected chi connectivity index (χ2v) is 3.42. The molecule has 1 aromatic rings. The third-order valence-corrected chi connectivity index (χ3v) is 2.44. The van der Waals surface area contributed by atoms with Crippen molar-refractivity contribution in [2.45, 2.75) is 6.29 Å². The molecule has 0 unspecified atom stereocenters. The maximum atomic E-state index is 13.7. The van der Waals surface area contributed by atoms with Crippen LogP contribution in [0.5, 0.6) is 5.75 Å². The van der Waals surface area contributed by atoms with Crippen LogP contribution in [0, 0.1) is 5.82 Å². The molecule has 0 atom stereocenters. The number of halogens is 2. The summed E-state index contributed by atoms with van der Waals surface area (Å²) in [6, 6.07) is 1.45. The lowest BCUT2D eigenvalue weighted by atomic mass is 10.1. The fraction of sp³-hybridized carbons (Fsp3) is 0.400. The fourth-order valence-electron chi connectivity index (χ4n) is 1.37. The molecule has 0 aliphatic rings. The Balaban J connectivity index is 3.37. The Kier molecular flexibility index (Phi) is 4.35. The molecule has 90 valence electrons. The second kappa shape index (κ2) is 5.34. The Labute approximate surface area is 98.0 Å². The quantitative estimate of drug-likeness (QED) is 0.657. The van der Waals surface area contributed by atoms with Gasteiger partial charge in [-0.1, -0.05) is 11.6 Å². The Morgan fingerprint density at radius 1 is 1.31 bits per heavy atom. The van der Waals surface area contributed by atoms with Crippen LogP contribution in [0.15, 0.2) is 6.07 Å². The van der Waals surface area contributed by atoms with Crippen molar-refractivity contribution in [1.82, 2.24) is 0 Å². The van der Waals surface area contributed by atoms with Gasteiger partial charge < -0.3 is 19.9 Å². The van der Waals surface area contributed by atoms with E-state index in [2.05, 4.69) is 0 Å². The Bertz CT molecular complexity index is 383. The molecule has 0 aliphatic heterocycles. The molecule has 0 saturated heterocycles. The molecule has 0 aromatic heterocycles. The highest BCUT2D eigenvalue weighted by molar-refractivity contribution is 6.33. The topological polar surface area (TPSA) is 53.7 Å². The molecule has 4 nitrogen and oxygen atoms in total. The molecule has 0 saturated carbocycles. The molecule has 1 rings (SSSR count). The van der Waals surface area contributed by atoms with Crippen LogP contribution in [-0.4, -0.2) is 21.3 Å². The van der Waals surface area contributed by atoms with Gasteiger partial charge in [0.15, 0.2) is 17.9 Å². The van der Waals surface area contributed by atoms with Gasteiger partial charge in [0, 0.05) is 14.2 Å². The third kappa shape index (κ3) is 2.21. The summed E-state index contributed by atoms with van der Waals surface area (Å²) >= 11 is 5.77. The van der Waals surface area contributed by atoms with E-state index < -0.39 is 12.1 Å². The fourth-order valence-corrected chi connectivity index (χ4v) is 1.57. The van der Waals surface area contributed by atoms with E-state index in [1.807, 2.05) is 0 Å². The highest BCUT2D eigenvalue weighted by Gasteiger charge is 2.22.